The monoisotopic (exact) mass is 316 g/mol. The Labute approximate surface area is 120 Å². The minimum Gasteiger partial charge on any atom is -0.463 e. The van der Waals surface area contributed by atoms with Gasteiger partial charge in [-0.15, -0.1) is 0 Å². The first-order valence-corrected chi connectivity index (χ1v) is 6.70. The van der Waals surface area contributed by atoms with Crippen molar-refractivity contribution in [3.63, 3.8) is 0 Å². The van der Waals surface area contributed by atoms with Gasteiger partial charge in [-0.1, -0.05) is 19.8 Å². The van der Waals surface area contributed by atoms with Gasteiger partial charge < -0.3 is 9.47 Å². The standard InChI is InChI=1S/C13H20F4O4/c1-3-4-5-9(2)21-11(19)7-6-10(18)20-8-13(16,17)12(14)15/h9,12H,3-8H2,1-2H3. The minimum absolute atomic E-state index is 0.295. The Balaban J connectivity index is 3.90. The molecule has 0 N–H and O–H groups in total. The van der Waals surface area contributed by atoms with Crippen molar-refractivity contribution in [2.24, 2.45) is 0 Å². The van der Waals surface area contributed by atoms with E-state index in [0.29, 0.717) is 6.42 Å². The molecule has 0 heterocycles. The van der Waals surface area contributed by atoms with Gasteiger partial charge >= 0.3 is 24.3 Å². The molecule has 0 fully saturated rings. The van der Waals surface area contributed by atoms with E-state index in [9.17, 15) is 27.2 Å². The van der Waals surface area contributed by atoms with Crippen molar-refractivity contribution in [2.45, 2.75) is 64.4 Å². The molecule has 4 nitrogen and oxygen atoms in total. The van der Waals surface area contributed by atoms with E-state index in [1.807, 2.05) is 6.92 Å². The molecule has 1 unspecified atom stereocenters. The van der Waals surface area contributed by atoms with Crippen molar-refractivity contribution in [3.05, 3.63) is 0 Å². The number of alkyl halides is 4. The van der Waals surface area contributed by atoms with E-state index < -0.39 is 37.3 Å². The Morgan fingerprint density at radius 2 is 1.71 bits per heavy atom. The Kier molecular flexibility index (Phi) is 8.96. The fourth-order valence-electron chi connectivity index (χ4n) is 1.35. The van der Waals surface area contributed by atoms with Gasteiger partial charge in [0.2, 0.25) is 0 Å². The van der Waals surface area contributed by atoms with E-state index >= 15 is 0 Å². The largest absolute Gasteiger partial charge is 0.463 e. The maximum atomic E-state index is 12.5. The van der Waals surface area contributed by atoms with Crippen molar-refractivity contribution in [1.29, 1.82) is 0 Å². The fourth-order valence-corrected chi connectivity index (χ4v) is 1.35. The lowest BCUT2D eigenvalue weighted by atomic mass is 10.2. The normalized spacial score (nSPS) is 13.1. The summed E-state index contributed by atoms with van der Waals surface area (Å²) >= 11 is 0. The zero-order valence-electron chi connectivity index (χ0n) is 12.0. The summed E-state index contributed by atoms with van der Waals surface area (Å²) in [4.78, 5) is 22.4. The molecule has 0 radical (unpaired) electrons. The number of carbonyl (C=O) groups excluding carboxylic acids is 2. The maximum Gasteiger partial charge on any atom is 0.340 e. The smallest absolute Gasteiger partial charge is 0.340 e. The second-order valence-corrected chi connectivity index (χ2v) is 4.67. The van der Waals surface area contributed by atoms with Crippen LogP contribution in [0, 0.1) is 0 Å². The molecule has 124 valence electrons. The van der Waals surface area contributed by atoms with Gasteiger partial charge in [0, 0.05) is 0 Å². The quantitative estimate of drug-likeness (QED) is 0.458. The van der Waals surface area contributed by atoms with Crippen molar-refractivity contribution < 1.29 is 36.6 Å². The van der Waals surface area contributed by atoms with Gasteiger partial charge in [-0.05, 0) is 13.3 Å². The van der Waals surface area contributed by atoms with E-state index in [4.69, 9.17) is 4.74 Å². The van der Waals surface area contributed by atoms with Gasteiger partial charge in [-0.2, -0.15) is 8.78 Å². The first-order chi connectivity index (χ1) is 9.69. The van der Waals surface area contributed by atoms with Gasteiger partial charge in [0.05, 0.1) is 18.9 Å². The molecule has 0 rings (SSSR count). The van der Waals surface area contributed by atoms with Crippen molar-refractivity contribution in [1.82, 2.24) is 0 Å². The number of ether oxygens (including phenoxy) is 2. The first kappa shape index (κ1) is 19.7. The Hall–Kier alpha value is -1.34. The number of carbonyl (C=O) groups is 2. The Morgan fingerprint density at radius 1 is 1.14 bits per heavy atom. The van der Waals surface area contributed by atoms with Gasteiger partial charge in [-0.3, -0.25) is 9.59 Å². The summed E-state index contributed by atoms with van der Waals surface area (Å²) in [6.45, 7) is 1.99. The van der Waals surface area contributed by atoms with Crippen LogP contribution in [0.1, 0.15) is 46.0 Å². The predicted molar refractivity (Wildman–Crippen MR) is 66.2 cm³/mol. The molecule has 1 atom stereocenters. The number of hydrogen-bond donors (Lipinski definition) is 0. The van der Waals surface area contributed by atoms with Crippen LogP contribution in [-0.4, -0.2) is 37.0 Å². The Bertz CT molecular complexity index is 334. The molecule has 0 aromatic rings. The highest BCUT2D eigenvalue weighted by Gasteiger charge is 2.42. The van der Waals surface area contributed by atoms with E-state index in [1.165, 1.54) is 0 Å². The maximum absolute atomic E-state index is 12.5. The average molecular weight is 316 g/mol. The molecule has 0 saturated heterocycles. The van der Waals surface area contributed by atoms with Crippen LogP contribution in [0.2, 0.25) is 0 Å². The van der Waals surface area contributed by atoms with Crippen molar-refractivity contribution in [3.8, 4) is 0 Å². The van der Waals surface area contributed by atoms with Gasteiger partial charge in [0.25, 0.3) is 0 Å². The molecule has 0 amide bonds. The summed E-state index contributed by atoms with van der Waals surface area (Å²) in [7, 11) is 0. The van der Waals surface area contributed by atoms with Crippen LogP contribution >= 0.6 is 0 Å². The number of rotatable bonds is 10. The molecule has 0 aliphatic rings. The van der Waals surface area contributed by atoms with Gasteiger partial charge in [-0.25, -0.2) is 8.78 Å². The van der Waals surface area contributed by atoms with Crippen LogP contribution in [0.4, 0.5) is 17.6 Å². The third kappa shape index (κ3) is 9.25. The van der Waals surface area contributed by atoms with Crippen LogP contribution in [0.5, 0.6) is 0 Å². The van der Waals surface area contributed by atoms with Crippen LogP contribution in [0.25, 0.3) is 0 Å². The summed E-state index contributed by atoms with van der Waals surface area (Å²) in [6, 6.07) is 0. The number of hydrogen-bond acceptors (Lipinski definition) is 4. The second-order valence-electron chi connectivity index (χ2n) is 4.67. The van der Waals surface area contributed by atoms with Crippen molar-refractivity contribution >= 4 is 11.9 Å². The lowest BCUT2D eigenvalue weighted by molar-refractivity contribution is -0.180. The molecule has 21 heavy (non-hydrogen) atoms. The Morgan fingerprint density at radius 3 is 2.24 bits per heavy atom. The first-order valence-electron chi connectivity index (χ1n) is 6.70. The zero-order chi connectivity index (χ0) is 16.5. The number of unbranched alkanes of at least 4 members (excludes halogenated alkanes) is 1. The van der Waals surface area contributed by atoms with E-state index in [2.05, 4.69) is 4.74 Å². The topological polar surface area (TPSA) is 52.6 Å². The van der Waals surface area contributed by atoms with E-state index in [1.54, 1.807) is 6.92 Å². The highest BCUT2D eigenvalue weighted by Crippen LogP contribution is 2.23. The molecule has 0 aliphatic heterocycles. The molecule has 0 saturated carbocycles. The fraction of sp³-hybridized carbons (Fsp3) is 0.846. The lowest BCUT2D eigenvalue weighted by Crippen LogP contribution is -2.33. The van der Waals surface area contributed by atoms with Crippen LogP contribution < -0.4 is 0 Å². The molecule has 0 aromatic carbocycles. The summed E-state index contributed by atoms with van der Waals surface area (Å²) < 4.78 is 57.6. The number of esters is 2. The van der Waals surface area contributed by atoms with E-state index in [0.717, 1.165) is 12.8 Å². The molecular formula is C13H20F4O4. The van der Waals surface area contributed by atoms with Gasteiger partial charge in [0.1, 0.15) is 0 Å². The molecule has 0 bridgehead atoms. The summed E-state index contributed by atoms with van der Waals surface area (Å²) in [6.07, 6.45) is -2.50. The summed E-state index contributed by atoms with van der Waals surface area (Å²) in [5.41, 5.74) is 0. The van der Waals surface area contributed by atoms with E-state index in [-0.39, 0.29) is 12.5 Å². The van der Waals surface area contributed by atoms with Crippen LogP contribution in [0.15, 0.2) is 0 Å². The molecule has 0 aromatic heterocycles. The third-order valence-corrected chi connectivity index (χ3v) is 2.57. The average Bonchev–Trinajstić information content (AvgIpc) is 2.40. The van der Waals surface area contributed by atoms with Crippen LogP contribution in [-0.2, 0) is 19.1 Å². The van der Waals surface area contributed by atoms with Crippen molar-refractivity contribution in [2.75, 3.05) is 6.61 Å². The SMILES string of the molecule is CCCCC(C)OC(=O)CCC(=O)OCC(F)(F)C(F)F. The van der Waals surface area contributed by atoms with Crippen LogP contribution in [0.3, 0.4) is 0 Å². The molecule has 8 heteroatoms. The minimum atomic E-state index is -4.38. The molecule has 0 spiro atoms. The highest BCUT2D eigenvalue weighted by atomic mass is 19.3. The third-order valence-electron chi connectivity index (χ3n) is 2.57. The molecular weight excluding hydrogens is 296 g/mol. The lowest BCUT2D eigenvalue weighted by Gasteiger charge is -2.15. The van der Waals surface area contributed by atoms with Gasteiger partial charge in [0.15, 0.2) is 6.61 Å². The molecule has 0 aliphatic carbocycles. The number of halogens is 4. The highest BCUT2D eigenvalue weighted by molar-refractivity contribution is 5.77. The second kappa shape index (κ2) is 9.57. The zero-order valence-corrected chi connectivity index (χ0v) is 12.0. The summed E-state index contributed by atoms with van der Waals surface area (Å²) in [5, 5.41) is 0. The predicted octanol–water partition coefficient (Wildman–Crippen LogP) is 3.33. The summed E-state index contributed by atoms with van der Waals surface area (Å²) in [5.74, 6) is -6.19.